The van der Waals surface area contributed by atoms with E-state index in [-0.39, 0.29) is 10.9 Å². The Labute approximate surface area is 128 Å². The average molecular weight is 353 g/mol. The monoisotopic (exact) mass is 353 g/mol. The van der Waals surface area contributed by atoms with E-state index in [1.807, 2.05) is 0 Å². The van der Waals surface area contributed by atoms with E-state index in [1.165, 1.54) is 7.05 Å². The normalized spacial score (nSPS) is 20.1. The molecule has 1 aliphatic heterocycles. The molecule has 1 heterocycles. The van der Waals surface area contributed by atoms with Crippen molar-refractivity contribution in [2.24, 2.45) is 0 Å². The van der Waals surface area contributed by atoms with Crippen LogP contribution in [0.3, 0.4) is 0 Å². The summed E-state index contributed by atoms with van der Waals surface area (Å²) in [6.45, 7) is 0. The fourth-order valence-electron chi connectivity index (χ4n) is 2.07. The zero-order valence-electron chi connectivity index (χ0n) is 11.6. The van der Waals surface area contributed by atoms with Crippen LogP contribution in [0, 0.1) is 5.82 Å². The molecule has 1 aromatic carbocycles. The molecular formula is C12H16FNO4S3. The SMILES string of the molecule is CN(C1CCSC1)S(=O)(=O)c1cc(S(C)(=O)=O)ccc1F. The summed E-state index contributed by atoms with van der Waals surface area (Å²) >= 11 is 1.64. The Hall–Kier alpha value is -0.640. The van der Waals surface area contributed by atoms with E-state index in [1.54, 1.807) is 11.8 Å². The molecule has 1 unspecified atom stereocenters. The molecule has 0 spiro atoms. The molecule has 118 valence electrons. The molecule has 1 atom stereocenters. The van der Waals surface area contributed by atoms with Gasteiger partial charge in [-0.25, -0.2) is 21.2 Å². The predicted octanol–water partition coefficient (Wildman–Crippen LogP) is 1.36. The van der Waals surface area contributed by atoms with E-state index in [0.29, 0.717) is 12.2 Å². The number of halogens is 1. The minimum absolute atomic E-state index is 0.193. The van der Waals surface area contributed by atoms with Crippen LogP contribution in [0.15, 0.2) is 28.0 Å². The number of sulfone groups is 1. The zero-order chi connectivity index (χ0) is 15.8. The first kappa shape index (κ1) is 16.7. The molecule has 0 radical (unpaired) electrons. The number of hydrogen-bond donors (Lipinski definition) is 0. The minimum Gasteiger partial charge on any atom is -0.224 e. The Bertz CT molecular complexity index is 740. The highest BCUT2D eigenvalue weighted by Crippen LogP contribution is 2.28. The van der Waals surface area contributed by atoms with E-state index >= 15 is 0 Å². The lowest BCUT2D eigenvalue weighted by atomic mass is 10.3. The third-order valence-corrected chi connectivity index (χ3v) is 7.59. The number of sulfonamides is 1. The van der Waals surface area contributed by atoms with Crippen molar-refractivity contribution in [3.63, 3.8) is 0 Å². The first-order valence-corrected chi connectivity index (χ1v) is 10.7. The lowest BCUT2D eigenvalue weighted by Crippen LogP contribution is -2.37. The quantitative estimate of drug-likeness (QED) is 0.764. The van der Waals surface area contributed by atoms with Crippen LogP contribution in [0.2, 0.25) is 0 Å². The van der Waals surface area contributed by atoms with Gasteiger partial charge in [-0.1, -0.05) is 0 Å². The van der Waals surface area contributed by atoms with Crippen LogP contribution >= 0.6 is 11.8 Å². The van der Waals surface area contributed by atoms with Crippen molar-refractivity contribution in [2.75, 3.05) is 24.8 Å². The number of hydrogen-bond acceptors (Lipinski definition) is 5. The second-order valence-electron chi connectivity index (χ2n) is 4.90. The van der Waals surface area contributed by atoms with Crippen LogP contribution in [0.1, 0.15) is 6.42 Å². The molecule has 5 nitrogen and oxygen atoms in total. The van der Waals surface area contributed by atoms with E-state index in [0.717, 1.165) is 34.5 Å². The summed E-state index contributed by atoms with van der Waals surface area (Å²) in [5, 5.41) is 0. The van der Waals surface area contributed by atoms with E-state index in [4.69, 9.17) is 0 Å². The maximum Gasteiger partial charge on any atom is 0.246 e. The molecule has 0 N–H and O–H groups in total. The molecule has 9 heteroatoms. The third kappa shape index (κ3) is 3.41. The second-order valence-corrected chi connectivity index (χ2v) is 10.0. The van der Waals surface area contributed by atoms with Gasteiger partial charge in [0.15, 0.2) is 9.84 Å². The predicted molar refractivity (Wildman–Crippen MR) is 80.2 cm³/mol. The van der Waals surface area contributed by atoms with Gasteiger partial charge in [-0.2, -0.15) is 16.1 Å². The molecule has 1 fully saturated rings. The molecule has 2 rings (SSSR count). The molecular weight excluding hydrogens is 337 g/mol. The summed E-state index contributed by atoms with van der Waals surface area (Å²) in [4.78, 5) is -0.804. The third-order valence-electron chi connectivity index (χ3n) is 3.41. The number of nitrogens with zero attached hydrogens (tertiary/aromatic N) is 1. The number of benzene rings is 1. The molecule has 0 saturated carbocycles. The zero-order valence-corrected chi connectivity index (χ0v) is 14.1. The smallest absolute Gasteiger partial charge is 0.224 e. The molecule has 1 aliphatic rings. The summed E-state index contributed by atoms with van der Waals surface area (Å²) in [6, 6.07) is 2.63. The van der Waals surface area contributed by atoms with Gasteiger partial charge in [-0.3, -0.25) is 0 Å². The van der Waals surface area contributed by atoms with Gasteiger partial charge in [-0.05, 0) is 30.4 Å². The van der Waals surface area contributed by atoms with Crippen LogP contribution in [0.25, 0.3) is 0 Å². The maximum absolute atomic E-state index is 13.9. The van der Waals surface area contributed by atoms with Crippen LogP contribution in [0.5, 0.6) is 0 Å². The van der Waals surface area contributed by atoms with E-state index in [9.17, 15) is 21.2 Å². The highest BCUT2D eigenvalue weighted by Gasteiger charge is 2.32. The minimum atomic E-state index is -4.06. The Balaban J connectivity index is 2.48. The van der Waals surface area contributed by atoms with Gasteiger partial charge in [0.2, 0.25) is 10.0 Å². The van der Waals surface area contributed by atoms with Crippen LogP contribution in [0.4, 0.5) is 4.39 Å². The standard InChI is InChI=1S/C12H16FNO4S3/c1-14(9-5-6-19-8-9)21(17,18)12-7-10(20(2,15)16)3-4-11(12)13/h3-4,7,9H,5-6,8H2,1-2H3. The highest BCUT2D eigenvalue weighted by molar-refractivity contribution is 7.99. The maximum atomic E-state index is 13.9. The van der Waals surface area contributed by atoms with Crippen molar-refractivity contribution < 1.29 is 21.2 Å². The van der Waals surface area contributed by atoms with Crippen molar-refractivity contribution in [2.45, 2.75) is 22.3 Å². The Morgan fingerprint density at radius 1 is 1.29 bits per heavy atom. The van der Waals surface area contributed by atoms with Crippen molar-refractivity contribution >= 4 is 31.6 Å². The average Bonchev–Trinajstić information content (AvgIpc) is 2.90. The van der Waals surface area contributed by atoms with Gasteiger partial charge in [0.25, 0.3) is 0 Å². The molecule has 0 aliphatic carbocycles. The molecule has 0 bridgehead atoms. The first-order valence-electron chi connectivity index (χ1n) is 6.19. The van der Waals surface area contributed by atoms with Gasteiger partial charge >= 0.3 is 0 Å². The highest BCUT2D eigenvalue weighted by atomic mass is 32.2. The van der Waals surface area contributed by atoms with Crippen LogP contribution in [-0.4, -0.2) is 52.0 Å². The molecule has 21 heavy (non-hydrogen) atoms. The van der Waals surface area contributed by atoms with Gasteiger partial charge in [0, 0.05) is 25.1 Å². The van der Waals surface area contributed by atoms with Crippen LogP contribution in [-0.2, 0) is 19.9 Å². The van der Waals surface area contributed by atoms with Crippen LogP contribution < -0.4 is 0 Å². The molecule has 1 saturated heterocycles. The molecule has 1 aromatic rings. The van der Waals surface area contributed by atoms with Gasteiger partial charge in [0.05, 0.1) is 4.90 Å². The lowest BCUT2D eigenvalue weighted by molar-refractivity contribution is 0.391. The summed E-state index contributed by atoms with van der Waals surface area (Å²) in [6.07, 6.45) is 1.65. The number of rotatable bonds is 4. The lowest BCUT2D eigenvalue weighted by Gasteiger charge is -2.23. The topological polar surface area (TPSA) is 71.5 Å². The fraction of sp³-hybridized carbons (Fsp3) is 0.500. The van der Waals surface area contributed by atoms with Gasteiger partial charge < -0.3 is 0 Å². The van der Waals surface area contributed by atoms with Crippen molar-refractivity contribution in [3.8, 4) is 0 Å². The van der Waals surface area contributed by atoms with E-state index < -0.39 is 30.6 Å². The summed E-state index contributed by atoms with van der Waals surface area (Å²) in [7, 11) is -6.25. The fourth-order valence-corrected chi connectivity index (χ4v) is 5.63. The summed E-state index contributed by atoms with van der Waals surface area (Å²) in [5.74, 6) is 0.569. The first-order chi connectivity index (χ1) is 9.64. The largest absolute Gasteiger partial charge is 0.246 e. The van der Waals surface area contributed by atoms with Gasteiger partial charge in [0.1, 0.15) is 10.7 Å². The van der Waals surface area contributed by atoms with Crippen molar-refractivity contribution in [3.05, 3.63) is 24.0 Å². The Morgan fingerprint density at radius 2 is 1.95 bits per heavy atom. The van der Waals surface area contributed by atoms with Crippen molar-refractivity contribution in [1.82, 2.24) is 4.31 Å². The molecule has 0 aromatic heterocycles. The van der Waals surface area contributed by atoms with E-state index in [2.05, 4.69) is 0 Å². The van der Waals surface area contributed by atoms with Crippen molar-refractivity contribution in [1.29, 1.82) is 0 Å². The Morgan fingerprint density at radius 3 is 2.48 bits per heavy atom. The molecule has 0 amide bonds. The Kier molecular flexibility index (Phi) is 4.67. The van der Waals surface area contributed by atoms with Gasteiger partial charge in [-0.15, -0.1) is 0 Å². The second kappa shape index (κ2) is 5.86. The number of thioether (sulfide) groups is 1. The summed E-state index contributed by atoms with van der Waals surface area (Å²) < 4.78 is 63.1. The summed E-state index contributed by atoms with van der Waals surface area (Å²) in [5.41, 5.74) is 0.